The van der Waals surface area contributed by atoms with Crippen molar-refractivity contribution in [2.75, 3.05) is 85.0 Å². The van der Waals surface area contributed by atoms with Crippen LogP contribution in [-0.2, 0) is 112 Å². The lowest BCUT2D eigenvalue weighted by molar-refractivity contribution is -0.105. The van der Waals surface area contributed by atoms with Crippen molar-refractivity contribution in [2.45, 2.75) is 135 Å². The maximum atomic E-state index is 13.0. The van der Waals surface area contributed by atoms with E-state index >= 15 is 0 Å². The first kappa shape index (κ1) is 77.6. The van der Waals surface area contributed by atoms with Crippen LogP contribution in [0.2, 0.25) is 0 Å². The molecule has 3 aromatic heterocycles. The maximum Gasteiger partial charge on any atom is 0.472 e. The number of nitrogens with two attached hydrogens (primary N) is 1. The first-order valence-corrected chi connectivity index (χ1v) is 38.7. The normalized spacial score (nSPS) is 24.0. The number of phosphoric acid groups is 6. The van der Waals surface area contributed by atoms with Crippen LogP contribution in [0.4, 0.5) is 5.95 Å². The molecule has 0 spiro atoms. The Bertz CT molecular complexity index is 3330. The van der Waals surface area contributed by atoms with Gasteiger partial charge in [0.05, 0.1) is 97.3 Å². The minimum Gasteiger partial charge on any atom is -0.370 e. The van der Waals surface area contributed by atoms with E-state index in [0.717, 1.165) is 0 Å². The predicted octanol–water partition coefficient (Wildman–Crippen LogP) is 4.17. The largest absolute Gasteiger partial charge is 0.472 e. The number of aromatic amines is 2. The zero-order valence-corrected chi connectivity index (χ0v) is 56.0. The summed E-state index contributed by atoms with van der Waals surface area (Å²) in [6, 6.07) is 0. The molecule has 47 heteroatoms. The smallest absolute Gasteiger partial charge is 0.370 e. The Morgan fingerprint density at radius 1 is 0.596 bits per heavy atom. The van der Waals surface area contributed by atoms with Crippen LogP contribution in [0.1, 0.15) is 97.6 Å². The van der Waals surface area contributed by atoms with Gasteiger partial charge < -0.3 is 58.7 Å². The minimum atomic E-state index is -4.89. The summed E-state index contributed by atoms with van der Waals surface area (Å²) in [6.07, 6.45) is -4.38. The fourth-order valence-electron chi connectivity index (χ4n) is 7.66. The molecule has 0 saturated carbocycles. The first-order valence-electron chi connectivity index (χ1n) is 27.0. The molecule has 5 heterocycles. The number of nitrogens with zero attached hydrogens (tertiary/aromatic N) is 4. The number of nitrogen functional groups attached to an aromatic ring is 1. The highest BCUT2D eigenvalue weighted by atomic mass is 32.5. The number of ether oxygens (including phenoxy) is 3. The quantitative estimate of drug-likeness (QED) is 0.0281. The summed E-state index contributed by atoms with van der Waals surface area (Å²) in [4.78, 5) is 121. The van der Waals surface area contributed by atoms with Crippen molar-refractivity contribution in [1.82, 2.24) is 29.1 Å². The van der Waals surface area contributed by atoms with Crippen LogP contribution in [0.5, 0.6) is 0 Å². The first-order chi connectivity index (χ1) is 41.3. The molecule has 89 heavy (non-hydrogen) atoms. The molecule has 0 bridgehead atoms. The molecule has 2 aliphatic heterocycles. The van der Waals surface area contributed by atoms with E-state index in [0.29, 0.717) is 0 Å². The number of phosphoric ester groups is 6. The highest BCUT2D eigenvalue weighted by molar-refractivity contribution is 8.09. The number of rotatable bonds is 42. The third-order valence-corrected chi connectivity index (χ3v) is 21.3. The number of aromatic nitrogens is 6. The lowest BCUT2D eigenvalue weighted by Crippen LogP contribution is -2.35. The van der Waals surface area contributed by atoms with E-state index in [9.17, 15) is 76.0 Å². The van der Waals surface area contributed by atoms with Crippen molar-refractivity contribution in [2.24, 2.45) is 0 Å². The van der Waals surface area contributed by atoms with Gasteiger partial charge in [-0.3, -0.25) is 83.0 Å². The summed E-state index contributed by atoms with van der Waals surface area (Å²) in [5.74, 6) is -0.209. The van der Waals surface area contributed by atoms with Crippen molar-refractivity contribution >= 4 is 82.3 Å². The molecule has 5 rings (SSSR count). The van der Waals surface area contributed by atoms with Crippen molar-refractivity contribution in [3.8, 4) is 0 Å². The molecule has 13 atom stereocenters. The number of nitrogens with one attached hydrogen (secondary N) is 2. The second kappa shape index (κ2) is 34.1. The highest BCUT2D eigenvalue weighted by Gasteiger charge is 2.44. The summed E-state index contributed by atoms with van der Waals surface area (Å²) >= 11 is 5.19. The van der Waals surface area contributed by atoms with Gasteiger partial charge in [0, 0.05) is 30.3 Å². The second-order valence-electron chi connectivity index (χ2n) is 20.6. The highest BCUT2D eigenvalue weighted by Crippen LogP contribution is 2.53. The molecule has 2 aliphatic rings. The van der Waals surface area contributed by atoms with E-state index in [2.05, 4.69) is 19.9 Å². The van der Waals surface area contributed by atoms with E-state index in [1.165, 1.54) is 28.6 Å². The topological polar surface area (TPSA) is 536 Å². The Hall–Kier alpha value is -2.06. The van der Waals surface area contributed by atoms with Gasteiger partial charge in [0.2, 0.25) is 5.95 Å². The molecule has 2 saturated heterocycles. The molecule has 39 nitrogen and oxygen atoms in total. The van der Waals surface area contributed by atoms with E-state index < -0.39 is 191 Å². The third-order valence-electron chi connectivity index (χ3n) is 11.8. The van der Waals surface area contributed by atoms with Gasteiger partial charge >= 0.3 is 52.6 Å². The minimum absolute atomic E-state index is 0.0433. The Morgan fingerprint density at radius 2 is 0.978 bits per heavy atom. The maximum absolute atomic E-state index is 13.0. The fraction of sp³-hybridized carbons (Fsp3) is 0.786. The molecule has 0 amide bonds. The third kappa shape index (κ3) is 27.3. The average Bonchev–Trinajstić information content (AvgIpc) is 1.68. The molecule has 0 aliphatic carbocycles. The average molecular weight is 1440 g/mol. The van der Waals surface area contributed by atoms with Crippen LogP contribution in [0.25, 0.3) is 11.2 Å². The monoisotopic (exact) mass is 1440 g/mol. The van der Waals surface area contributed by atoms with Gasteiger partial charge in [-0.2, -0.15) is 4.98 Å². The molecule has 11 N–H and O–H groups in total. The molecule has 0 radical (unpaired) electrons. The molecule has 2 fully saturated rings. The van der Waals surface area contributed by atoms with Crippen LogP contribution in [0.15, 0.2) is 26.9 Å². The van der Waals surface area contributed by atoms with Crippen LogP contribution in [0.3, 0.4) is 0 Å². The second-order valence-corrected chi connectivity index (χ2v) is 33.2. The Labute approximate surface area is 513 Å². The molecular formula is C42H76N7O32P7S. The lowest BCUT2D eigenvalue weighted by Gasteiger charge is -2.27. The lowest BCUT2D eigenvalue weighted by atomic mass is 10.1. The van der Waals surface area contributed by atoms with Gasteiger partial charge in [0.1, 0.15) is 30.8 Å². The van der Waals surface area contributed by atoms with Crippen LogP contribution >= 0.6 is 53.4 Å². The van der Waals surface area contributed by atoms with Crippen molar-refractivity contribution in [1.29, 1.82) is 0 Å². The number of H-pyrrole nitrogens is 2. The Kier molecular flexibility index (Phi) is 29.7. The standard InChI is InChI=1S/C42H76N7O32P7S/c1-28(2)82(53,89)76-25-33-31(23-35(79-33)49-27-44-36-37(49)45-40(43)46-39(36)51)81-88(64,65)75-21-11-19-73-86(60,61)71-17-9-15-69-84(56,57)67-13-7-12-66-83(54,55)68-14-8-16-70-85(58,59)72-18-10-20-74-87(62,63)77-26-32-30(80-42(4,5)6)22-34(78-32)48-24-29(3)38(50)47-41(48)52/h24,27-28,30-35H,7-23,25-26H2,1-6H3,(H,53,89)(H,54,55)(H,56,57)(H,58,59)(H,60,61)(H,62,63)(H,64,65)(H,47,50,52)(H3,43,45,46,51)/t30-,31?,32-,33+,34-,35+,82?/m0/s1. The van der Waals surface area contributed by atoms with Gasteiger partial charge in [-0.25, -0.2) is 37.2 Å². The Balaban J connectivity index is 0.874. The summed E-state index contributed by atoms with van der Waals surface area (Å²) in [5, 5.41) is 0. The van der Waals surface area contributed by atoms with E-state index in [-0.39, 0.29) is 74.2 Å². The van der Waals surface area contributed by atoms with Crippen molar-refractivity contribution in [3.63, 3.8) is 0 Å². The predicted molar refractivity (Wildman–Crippen MR) is 310 cm³/mol. The number of imidazole rings is 1. The SMILES string of the molecule is Cc1cn([C@@H]2C[C@H](OC(C)(C)C)[C@H](COP(=O)(O)OCCCOP(=O)(O)OCCCOP(=O)(O)OCCCOP(=O)(O)OCCCOP(=O)(O)OCCCOP(=O)(O)OC3C[C@H](n4cnc5c(=O)[nH]c(N)nc54)O[C@@H]3COP(O)(=S)C(C)C)O2)c(=O)[nH]c1=O. The Morgan fingerprint density at radius 3 is 1.40 bits per heavy atom. The van der Waals surface area contributed by atoms with E-state index in [1.54, 1.807) is 34.6 Å². The fourth-order valence-corrected chi connectivity index (χ4v) is 13.4. The zero-order chi connectivity index (χ0) is 66.2. The molecule has 0 aromatic carbocycles. The van der Waals surface area contributed by atoms with Crippen molar-refractivity contribution < 1.29 is 135 Å². The van der Waals surface area contributed by atoms with E-state index in [4.69, 9.17) is 90.6 Å². The van der Waals surface area contributed by atoms with Gasteiger partial charge in [-0.15, -0.1) is 0 Å². The molecular weight excluding hydrogens is 1360 g/mol. The summed E-state index contributed by atoms with van der Waals surface area (Å²) < 4.78 is 160. The van der Waals surface area contributed by atoms with Crippen LogP contribution in [0, 0.1) is 6.92 Å². The summed E-state index contributed by atoms with van der Waals surface area (Å²) in [7, 11) is -28.4. The number of anilines is 1. The van der Waals surface area contributed by atoms with Crippen LogP contribution in [-0.4, -0.2) is 178 Å². The van der Waals surface area contributed by atoms with Gasteiger partial charge in [-0.05, 0) is 71.6 Å². The number of hydrogen-bond donors (Lipinski definition) is 10. The van der Waals surface area contributed by atoms with Gasteiger partial charge in [-0.1, -0.05) is 13.8 Å². The van der Waals surface area contributed by atoms with Crippen LogP contribution < -0.4 is 22.5 Å². The van der Waals surface area contributed by atoms with Gasteiger partial charge in [0.25, 0.3) is 11.1 Å². The summed E-state index contributed by atoms with van der Waals surface area (Å²) in [6.45, 7) is 0.810. The van der Waals surface area contributed by atoms with Crippen molar-refractivity contribution in [3.05, 3.63) is 49.3 Å². The number of fused-ring (bicyclic) bond motifs is 1. The zero-order valence-electron chi connectivity index (χ0n) is 48.9. The number of hydrogen-bond acceptors (Lipinski definition) is 29. The molecule has 3 aromatic rings. The van der Waals surface area contributed by atoms with Gasteiger partial charge in [0.15, 0.2) is 17.7 Å². The summed E-state index contributed by atoms with van der Waals surface area (Å²) in [5.41, 5.74) is 2.89. The number of aryl methyl sites for hydroxylation is 1. The van der Waals surface area contributed by atoms with E-state index in [1.807, 2.05) is 0 Å². The molecule has 8 unspecified atom stereocenters. The molecule has 512 valence electrons.